The molecule has 1 aliphatic rings. The van der Waals surface area contributed by atoms with Gasteiger partial charge in [-0.15, -0.1) is 23.7 Å². The van der Waals surface area contributed by atoms with E-state index in [0.29, 0.717) is 18.3 Å². The molecule has 1 saturated carbocycles. The molecule has 3 N–H and O–H groups in total. The van der Waals surface area contributed by atoms with E-state index in [2.05, 4.69) is 10.3 Å². The molecule has 1 amide bonds. The van der Waals surface area contributed by atoms with Crippen LogP contribution >= 0.6 is 23.7 Å². The highest BCUT2D eigenvalue weighted by molar-refractivity contribution is 7.09. The largest absolute Gasteiger partial charge is 0.348 e. The fourth-order valence-electron chi connectivity index (χ4n) is 1.98. The topological polar surface area (TPSA) is 68.0 Å². The van der Waals surface area contributed by atoms with Gasteiger partial charge in [-0.3, -0.25) is 4.79 Å². The SMILES string of the molecule is Cl.NCCc1nc(C(=O)NC2CCCC2)cs1. The molecular weight excluding hydrogens is 258 g/mol. The lowest BCUT2D eigenvalue weighted by Crippen LogP contribution is -2.32. The third kappa shape index (κ3) is 3.94. The average Bonchev–Trinajstić information content (AvgIpc) is 2.89. The Morgan fingerprint density at radius 3 is 2.88 bits per heavy atom. The molecular formula is C11H18ClN3OS. The fraction of sp³-hybridized carbons (Fsp3) is 0.636. The Hall–Kier alpha value is -0.650. The van der Waals surface area contributed by atoms with Gasteiger partial charge in [0, 0.05) is 17.8 Å². The predicted molar refractivity (Wildman–Crippen MR) is 71.8 cm³/mol. The molecule has 0 bridgehead atoms. The minimum Gasteiger partial charge on any atom is -0.348 e. The Morgan fingerprint density at radius 2 is 2.24 bits per heavy atom. The van der Waals surface area contributed by atoms with E-state index >= 15 is 0 Å². The van der Waals surface area contributed by atoms with Gasteiger partial charge < -0.3 is 11.1 Å². The lowest BCUT2D eigenvalue weighted by molar-refractivity contribution is 0.0933. The zero-order valence-electron chi connectivity index (χ0n) is 9.65. The van der Waals surface area contributed by atoms with Gasteiger partial charge in [-0.2, -0.15) is 0 Å². The van der Waals surface area contributed by atoms with Gasteiger partial charge in [0.2, 0.25) is 0 Å². The molecule has 6 heteroatoms. The monoisotopic (exact) mass is 275 g/mol. The molecule has 1 aromatic heterocycles. The van der Waals surface area contributed by atoms with Crippen molar-refractivity contribution in [3.63, 3.8) is 0 Å². The van der Waals surface area contributed by atoms with E-state index in [1.54, 1.807) is 0 Å². The molecule has 0 aromatic carbocycles. The maximum atomic E-state index is 11.8. The van der Waals surface area contributed by atoms with Crippen molar-refractivity contribution in [3.05, 3.63) is 16.1 Å². The first-order valence-corrected chi connectivity index (χ1v) is 6.63. The number of thiazole rings is 1. The summed E-state index contributed by atoms with van der Waals surface area (Å²) in [4.78, 5) is 16.1. The second-order valence-electron chi connectivity index (χ2n) is 4.12. The minimum atomic E-state index is -0.0357. The molecule has 0 unspecified atom stereocenters. The molecule has 2 rings (SSSR count). The maximum Gasteiger partial charge on any atom is 0.270 e. The Bertz CT molecular complexity index is 363. The van der Waals surface area contributed by atoms with Crippen molar-refractivity contribution in [1.82, 2.24) is 10.3 Å². The minimum absolute atomic E-state index is 0. The number of hydrogen-bond donors (Lipinski definition) is 2. The summed E-state index contributed by atoms with van der Waals surface area (Å²) in [7, 11) is 0. The number of rotatable bonds is 4. The number of nitrogens with zero attached hydrogens (tertiary/aromatic N) is 1. The highest BCUT2D eigenvalue weighted by Gasteiger charge is 2.19. The molecule has 0 spiro atoms. The Morgan fingerprint density at radius 1 is 1.53 bits per heavy atom. The summed E-state index contributed by atoms with van der Waals surface area (Å²) in [5.41, 5.74) is 5.99. The van der Waals surface area contributed by atoms with Gasteiger partial charge in [-0.05, 0) is 19.4 Å². The van der Waals surface area contributed by atoms with Gasteiger partial charge >= 0.3 is 0 Å². The van der Waals surface area contributed by atoms with Gasteiger partial charge in [0.1, 0.15) is 5.69 Å². The molecule has 1 aromatic rings. The van der Waals surface area contributed by atoms with E-state index in [9.17, 15) is 4.79 Å². The summed E-state index contributed by atoms with van der Waals surface area (Å²) in [6.45, 7) is 0.581. The first-order valence-electron chi connectivity index (χ1n) is 5.75. The fourth-order valence-corrected chi connectivity index (χ4v) is 2.78. The molecule has 0 atom stereocenters. The van der Waals surface area contributed by atoms with Crippen LogP contribution in [0.3, 0.4) is 0 Å². The summed E-state index contributed by atoms with van der Waals surface area (Å²) in [5, 5.41) is 5.78. The van der Waals surface area contributed by atoms with Crippen molar-refractivity contribution >= 4 is 29.7 Å². The van der Waals surface area contributed by atoms with Crippen LogP contribution in [-0.2, 0) is 6.42 Å². The summed E-state index contributed by atoms with van der Waals surface area (Å²) >= 11 is 1.51. The second-order valence-corrected chi connectivity index (χ2v) is 5.06. The summed E-state index contributed by atoms with van der Waals surface area (Å²) in [6.07, 6.45) is 5.40. The van der Waals surface area contributed by atoms with Crippen LogP contribution in [0.4, 0.5) is 0 Å². The maximum absolute atomic E-state index is 11.8. The van der Waals surface area contributed by atoms with Crippen LogP contribution in [0, 0.1) is 0 Å². The normalized spacial score (nSPS) is 15.6. The first kappa shape index (κ1) is 14.4. The van der Waals surface area contributed by atoms with Crippen molar-refractivity contribution in [2.75, 3.05) is 6.54 Å². The first-order chi connectivity index (χ1) is 7.79. The highest BCUT2D eigenvalue weighted by atomic mass is 35.5. The number of hydrogen-bond acceptors (Lipinski definition) is 4. The standard InChI is InChI=1S/C11H17N3OS.ClH/c12-6-5-10-14-9(7-16-10)11(15)13-8-3-1-2-4-8;/h7-8H,1-6,12H2,(H,13,15);1H. The number of aromatic nitrogens is 1. The highest BCUT2D eigenvalue weighted by Crippen LogP contribution is 2.18. The zero-order valence-corrected chi connectivity index (χ0v) is 11.3. The van der Waals surface area contributed by atoms with Crippen molar-refractivity contribution < 1.29 is 4.79 Å². The van der Waals surface area contributed by atoms with Crippen LogP contribution in [0.2, 0.25) is 0 Å². The van der Waals surface area contributed by atoms with Crippen LogP contribution in [0.15, 0.2) is 5.38 Å². The van der Waals surface area contributed by atoms with Crippen molar-refractivity contribution in [1.29, 1.82) is 0 Å². The molecule has 0 radical (unpaired) electrons. The van der Waals surface area contributed by atoms with E-state index in [1.807, 2.05) is 5.38 Å². The van der Waals surface area contributed by atoms with Crippen LogP contribution < -0.4 is 11.1 Å². The number of carbonyl (C=O) groups is 1. The van der Waals surface area contributed by atoms with Crippen molar-refractivity contribution in [3.8, 4) is 0 Å². The van der Waals surface area contributed by atoms with E-state index in [4.69, 9.17) is 5.73 Å². The lowest BCUT2D eigenvalue weighted by atomic mass is 10.2. The molecule has 1 aliphatic carbocycles. The van der Waals surface area contributed by atoms with Gasteiger partial charge in [0.05, 0.1) is 5.01 Å². The zero-order chi connectivity index (χ0) is 11.4. The third-order valence-corrected chi connectivity index (χ3v) is 3.74. The molecule has 0 saturated heterocycles. The van der Waals surface area contributed by atoms with E-state index in [0.717, 1.165) is 24.3 Å². The Labute approximate surface area is 111 Å². The Balaban J connectivity index is 0.00000144. The molecule has 4 nitrogen and oxygen atoms in total. The predicted octanol–water partition coefficient (Wildman–Crippen LogP) is 1.74. The summed E-state index contributed by atoms with van der Waals surface area (Å²) in [5.74, 6) is -0.0357. The molecule has 17 heavy (non-hydrogen) atoms. The molecule has 0 aliphatic heterocycles. The lowest BCUT2D eigenvalue weighted by Gasteiger charge is -2.09. The number of halogens is 1. The number of carbonyl (C=O) groups excluding carboxylic acids is 1. The average molecular weight is 276 g/mol. The molecule has 96 valence electrons. The molecule has 1 heterocycles. The number of nitrogens with two attached hydrogens (primary N) is 1. The number of amides is 1. The smallest absolute Gasteiger partial charge is 0.270 e. The van der Waals surface area contributed by atoms with Crippen LogP contribution in [0.1, 0.15) is 41.2 Å². The van der Waals surface area contributed by atoms with E-state index < -0.39 is 0 Å². The second kappa shape index (κ2) is 6.93. The quantitative estimate of drug-likeness (QED) is 0.879. The molecule has 1 fully saturated rings. The van der Waals surface area contributed by atoms with Crippen LogP contribution in [-0.4, -0.2) is 23.5 Å². The van der Waals surface area contributed by atoms with Gasteiger partial charge in [-0.1, -0.05) is 12.8 Å². The summed E-state index contributed by atoms with van der Waals surface area (Å²) in [6, 6.07) is 0.354. The number of nitrogens with one attached hydrogen (secondary N) is 1. The van der Waals surface area contributed by atoms with E-state index in [1.165, 1.54) is 24.2 Å². The van der Waals surface area contributed by atoms with Crippen molar-refractivity contribution in [2.45, 2.75) is 38.1 Å². The third-order valence-electron chi connectivity index (χ3n) is 2.83. The van der Waals surface area contributed by atoms with Crippen LogP contribution in [0.25, 0.3) is 0 Å². The van der Waals surface area contributed by atoms with Gasteiger partial charge in [0.25, 0.3) is 5.91 Å². The van der Waals surface area contributed by atoms with Crippen LogP contribution in [0.5, 0.6) is 0 Å². The summed E-state index contributed by atoms with van der Waals surface area (Å²) < 4.78 is 0. The van der Waals surface area contributed by atoms with Gasteiger partial charge in [0.15, 0.2) is 0 Å². The van der Waals surface area contributed by atoms with Gasteiger partial charge in [-0.25, -0.2) is 4.98 Å². The van der Waals surface area contributed by atoms with E-state index in [-0.39, 0.29) is 18.3 Å². The Kier molecular flexibility index (Phi) is 5.88. The van der Waals surface area contributed by atoms with Crippen molar-refractivity contribution in [2.24, 2.45) is 5.73 Å².